The van der Waals surface area contributed by atoms with Gasteiger partial charge in [-0.25, -0.2) is 0 Å². The molecular formula is C20H47N2O2P. The Hall–Kier alpha value is 0.270. The summed E-state index contributed by atoms with van der Waals surface area (Å²) in [6.07, 6.45) is 0.947. The van der Waals surface area contributed by atoms with Crippen LogP contribution in [-0.4, -0.2) is 51.7 Å². The van der Waals surface area contributed by atoms with Gasteiger partial charge in [-0.3, -0.25) is 9.68 Å². The standard InChI is InChI=1S/C10H24NOP.C10H23NO/c1-8(2)11(9(3)4)12-10(5,6)7-13;1-8(2)11(9(3)4)12-10(5,6)7/h8-9H,7,13H2,1-6H3;8-9H,1-7H3. The van der Waals surface area contributed by atoms with Gasteiger partial charge in [0.25, 0.3) is 0 Å². The van der Waals surface area contributed by atoms with Crippen LogP contribution in [0.3, 0.4) is 0 Å². The molecule has 0 radical (unpaired) electrons. The number of hydroxylamine groups is 4. The summed E-state index contributed by atoms with van der Waals surface area (Å²) in [4.78, 5) is 11.7. The molecule has 0 fully saturated rings. The third-order valence-electron chi connectivity index (χ3n) is 3.26. The summed E-state index contributed by atoms with van der Waals surface area (Å²) in [5, 5.41) is 4.10. The Morgan fingerprint density at radius 2 is 0.920 bits per heavy atom. The Labute approximate surface area is 161 Å². The zero-order valence-electron chi connectivity index (χ0n) is 19.3. The van der Waals surface area contributed by atoms with Crippen molar-refractivity contribution in [3.63, 3.8) is 0 Å². The van der Waals surface area contributed by atoms with Crippen molar-refractivity contribution in [2.75, 3.05) is 6.16 Å². The Morgan fingerprint density at radius 3 is 1.08 bits per heavy atom. The van der Waals surface area contributed by atoms with E-state index in [4.69, 9.17) is 9.68 Å². The van der Waals surface area contributed by atoms with Crippen LogP contribution in [0.2, 0.25) is 0 Å². The highest BCUT2D eigenvalue weighted by molar-refractivity contribution is 7.16. The van der Waals surface area contributed by atoms with Gasteiger partial charge in [0.05, 0.1) is 11.2 Å². The van der Waals surface area contributed by atoms with Crippen molar-refractivity contribution in [3.05, 3.63) is 0 Å². The van der Waals surface area contributed by atoms with Gasteiger partial charge in [-0.1, -0.05) is 0 Å². The summed E-state index contributed by atoms with van der Waals surface area (Å²) in [5.41, 5.74) is -0.173. The van der Waals surface area contributed by atoms with Gasteiger partial charge in [0.15, 0.2) is 0 Å². The highest BCUT2D eigenvalue weighted by Crippen LogP contribution is 2.18. The molecule has 0 aliphatic carbocycles. The highest BCUT2D eigenvalue weighted by Gasteiger charge is 2.24. The van der Waals surface area contributed by atoms with E-state index in [2.05, 4.69) is 104 Å². The molecule has 0 bridgehead atoms. The van der Waals surface area contributed by atoms with Crippen molar-refractivity contribution >= 4 is 9.24 Å². The second-order valence-electron chi connectivity index (χ2n) is 9.35. The first-order valence-electron chi connectivity index (χ1n) is 9.69. The lowest BCUT2D eigenvalue weighted by atomic mass is 10.2. The lowest BCUT2D eigenvalue weighted by Crippen LogP contribution is -2.44. The van der Waals surface area contributed by atoms with Crippen LogP contribution in [0, 0.1) is 0 Å². The zero-order chi connectivity index (χ0) is 20.6. The van der Waals surface area contributed by atoms with Crippen LogP contribution in [0.1, 0.15) is 90.0 Å². The fraction of sp³-hybridized carbons (Fsp3) is 1.00. The minimum Gasteiger partial charge on any atom is -0.293 e. The number of hydrogen-bond acceptors (Lipinski definition) is 4. The van der Waals surface area contributed by atoms with E-state index in [9.17, 15) is 0 Å². The molecule has 0 heterocycles. The van der Waals surface area contributed by atoms with Gasteiger partial charge < -0.3 is 0 Å². The number of nitrogens with zero attached hydrogens (tertiary/aromatic N) is 2. The molecular weight excluding hydrogens is 331 g/mol. The molecule has 25 heavy (non-hydrogen) atoms. The van der Waals surface area contributed by atoms with Crippen molar-refractivity contribution < 1.29 is 9.68 Å². The molecule has 1 unspecified atom stereocenters. The molecule has 0 rings (SSSR count). The normalized spacial score (nSPS) is 13.4. The Kier molecular flexibility index (Phi) is 13.1. The van der Waals surface area contributed by atoms with Crippen molar-refractivity contribution in [3.8, 4) is 0 Å². The highest BCUT2D eigenvalue weighted by atomic mass is 31.0. The van der Waals surface area contributed by atoms with Crippen LogP contribution in [0.4, 0.5) is 0 Å². The molecule has 154 valence electrons. The van der Waals surface area contributed by atoms with Crippen molar-refractivity contribution in [1.29, 1.82) is 0 Å². The van der Waals surface area contributed by atoms with E-state index in [0.717, 1.165) is 6.16 Å². The van der Waals surface area contributed by atoms with Crippen LogP contribution in [-0.2, 0) is 9.68 Å². The van der Waals surface area contributed by atoms with Gasteiger partial charge in [0.2, 0.25) is 0 Å². The van der Waals surface area contributed by atoms with Gasteiger partial charge >= 0.3 is 0 Å². The van der Waals surface area contributed by atoms with E-state index in [-0.39, 0.29) is 11.2 Å². The minimum absolute atomic E-state index is 0.0841. The van der Waals surface area contributed by atoms with Crippen molar-refractivity contribution in [2.45, 2.75) is 125 Å². The maximum absolute atomic E-state index is 5.92. The molecule has 0 N–H and O–H groups in total. The lowest BCUT2D eigenvalue weighted by molar-refractivity contribution is -0.260. The van der Waals surface area contributed by atoms with Crippen LogP contribution in [0.5, 0.6) is 0 Å². The summed E-state index contributed by atoms with van der Waals surface area (Å²) in [6, 6.07) is 1.72. The first-order valence-corrected chi connectivity index (χ1v) is 10.5. The van der Waals surface area contributed by atoms with E-state index in [0.29, 0.717) is 24.2 Å². The van der Waals surface area contributed by atoms with Gasteiger partial charge in [-0.05, 0) is 96.2 Å². The average Bonchev–Trinajstić information content (AvgIpc) is 2.41. The Morgan fingerprint density at radius 1 is 0.640 bits per heavy atom. The van der Waals surface area contributed by atoms with Crippen molar-refractivity contribution in [1.82, 2.24) is 10.1 Å². The average molecular weight is 379 g/mol. The van der Waals surface area contributed by atoms with Crippen LogP contribution in [0.15, 0.2) is 0 Å². The summed E-state index contributed by atoms with van der Waals surface area (Å²) >= 11 is 0. The second kappa shape index (κ2) is 11.9. The monoisotopic (exact) mass is 378 g/mol. The Bertz CT molecular complexity index is 321. The smallest absolute Gasteiger partial charge is 0.0878 e. The van der Waals surface area contributed by atoms with E-state index in [1.165, 1.54) is 0 Å². The molecule has 0 aliphatic heterocycles. The van der Waals surface area contributed by atoms with Crippen LogP contribution in [0.25, 0.3) is 0 Å². The fourth-order valence-electron chi connectivity index (χ4n) is 2.25. The minimum atomic E-state index is -0.0887. The summed E-state index contributed by atoms with van der Waals surface area (Å²) in [5.74, 6) is 0. The van der Waals surface area contributed by atoms with E-state index in [1.807, 2.05) is 5.06 Å². The predicted octanol–water partition coefficient (Wildman–Crippen LogP) is 5.53. The third-order valence-corrected chi connectivity index (χ3v) is 4.24. The van der Waals surface area contributed by atoms with Gasteiger partial charge in [0, 0.05) is 24.2 Å². The van der Waals surface area contributed by atoms with E-state index >= 15 is 0 Å². The summed E-state index contributed by atoms with van der Waals surface area (Å²) in [7, 11) is 2.73. The van der Waals surface area contributed by atoms with Crippen LogP contribution < -0.4 is 0 Å². The maximum atomic E-state index is 5.92. The van der Waals surface area contributed by atoms with Crippen molar-refractivity contribution in [2.24, 2.45) is 0 Å². The zero-order valence-corrected chi connectivity index (χ0v) is 20.5. The molecule has 5 heteroatoms. The maximum Gasteiger partial charge on any atom is 0.0878 e. The SMILES string of the molecule is CC(C)N(OC(C)(C)C)C(C)C.CC(C)N(OC(C)(C)CP)C(C)C. The molecule has 0 saturated carbocycles. The topological polar surface area (TPSA) is 24.9 Å². The Balaban J connectivity index is 0. The number of hydrogen-bond donors (Lipinski definition) is 0. The molecule has 1 atom stereocenters. The molecule has 4 nitrogen and oxygen atoms in total. The lowest BCUT2D eigenvalue weighted by Gasteiger charge is -2.36. The van der Waals surface area contributed by atoms with E-state index < -0.39 is 0 Å². The molecule has 0 spiro atoms. The van der Waals surface area contributed by atoms with E-state index in [1.54, 1.807) is 0 Å². The predicted molar refractivity (Wildman–Crippen MR) is 115 cm³/mol. The molecule has 0 aromatic heterocycles. The van der Waals surface area contributed by atoms with Gasteiger partial charge in [-0.15, -0.1) is 9.24 Å². The molecule has 0 amide bonds. The molecule has 0 aliphatic rings. The molecule has 0 aromatic rings. The largest absolute Gasteiger partial charge is 0.293 e. The van der Waals surface area contributed by atoms with Gasteiger partial charge in [-0.2, -0.15) is 10.1 Å². The first kappa shape index (κ1) is 27.5. The fourth-order valence-corrected chi connectivity index (χ4v) is 2.33. The number of rotatable bonds is 8. The summed E-state index contributed by atoms with van der Waals surface area (Å²) < 4.78 is 0. The van der Waals surface area contributed by atoms with Crippen LogP contribution >= 0.6 is 9.24 Å². The quantitative estimate of drug-likeness (QED) is 0.410. The molecule has 0 aromatic carbocycles. The first-order chi connectivity index (χ1) is 11.0. The second-order valence-corrected chi connectivity index (χ2v) is 9.76. The molecule has 0 saturated heterocycles. The third kappa shape index (κ3) is 14.0. The summed E-state index contributed by atoms with van der Waals surface area (Å²) in [6.45, 7) is 27.6. The van der Waals surface area contributed by atoms with Gasteiger partial charge in [0.1, 0.15) is 0 Å².